The van der Waals surface area contributed by atoms with Crippen molar-refractivity contribution in [1.29, 1.82) is 0 Å². The zero-order chi connectivity index (χ0) is 21.7. The molecule has 0 aromatic heterocycles. The molecule has 160 valence electrons. The van der Waals surface area contributed by atoms with Crippen molar-refractivity contribution >= 4 is 11.8 Å². The molecular formula is C24H37N3O2. The minimum Gasteiger partial charge on any atom is -0.349 e. The van der Waals surface area contributed by atoms with E-state index in [1.54, 1.807) is 0 Å². The molecule has 1 aliphatic carbocycles. The van der Waals surface area contributed by atoms with Crippen molar-refractivity contribution in [3.63, 3.8) is 0 Å². The van der Waals surface area contributed by atoms with E-state index in [0.29, 0.717) is 6.42 Å². The normalized spacial score (nSPS) is 24.8. The Hall–Kier alpha value is -2.14. The lowest BCUT2D eigenvalue weighted by Gasteiger charge is -2.47. The van der Waals surface area contributed by atoms with Crippen molar-refractivity contribution in [3.05, 3.63) is 48.6 Å². The van der Waals surface area contributed by atoms with Crippen LogP contribution in [0.5, 0.6) is 0 Å². The molecule has 2 N–H and O–H groups in total. The molecule has 0 bridgehead atoms. The third kappa shape index (κ3) is 6.43. The number of carbonyl (C=O) groups is 2. The van der Waals surface area contributed by atoms with E-state index >= 15 is 0 Å². The van der Waals surface area contributed by atoms with Crippen molar-refractivity contribution in [3.8, 4) is 0 Å². The summed E-state index contributed by atoms with van der Waals surface area (Å²) in [5.74, 6) is -0.0266. The number of hydrogen-bond donors (Lipinski definition) is 2. The predicted octanol–water partition coefficient (Wildman–Crippen LogP) is 3.51. The Morgan fingerprint density at radius 2 is 1.90 bits per heavy atom. The van der Waals surface area contributed by atoms with Gasteiger partial charge >= 0.3 is 0 Å². The first-order chi connectivity index (χ1) is 13.6. The molecule has 3 atom stereocenters. The van der Waals surface area contributed by atoms with Crippen LogP contribution in [-0.2, 0) is 16.1 Å². The quantitative estimate of drug-likeness (QED) is 0.690. The molecule has 2 rings (SSSR count). The summed E-state index contributed by atoms with van der Waals surface area (Å²) in [7, 11) is 2.08. The number of rotatable bonds is 7. The van der Waals surface area contributed by atoms with E-state index in [1.807, 2.05) is 45.0 Å². The van der Waals surface area contributed by atoms with Gasteiger partial charge in [-0.1, -0.05) is 36.4 Å². The van der Waals surface area contributed by atoms with Gasteiger partial charge in [0, 0.05) is 31.5 Å². The maximum Gasteiger partial charge on any atom is 0.246 e. The third-order valence-electron chi connectivity index (χ3n) is 5.62. The summed E-state index contributed by atoms with van der Waals surface area (Å²) in [5, 5.41) is 6.20. The number of allylic oxidation sites excluding steroid dienone is 1. The summed E-state index contributed by atoms with van der Waals surface area (Å²) in [6, 6.07) is 10.3. The molecule has 2 amide bonds. The fourth-order valence-corrected chi connectivity index (χ4v) is 4.38. The van der Waals surface area contributed by atoms with Crippen LogP contribution < -0.4 is 10.6 Å². The monoisotopic (exact) mass is 399 g/mol. The third-order valence-corrected chi connectivity index (χ3v) is 5.62. The van der Waals surface area contributed by atoms with Gasteiger partial charge in [-0.3, -0.25) is 9.59 Å². The highest BCUT2D eigenvalue weighted by Crippen LogP contribution is 2.39. The Morgan fingerprint density at radius 3 is 2.45 bits per heavy atom. The molecule has 1 aromatic rings. The molecule has 5 heteroatoms. The second-order valence-electron chi connectivity index (χ2n) is 9.51. The number of nitrogens with one attached hydrogen (secondary N) is 2. The van der Waals surface area contributed by atoms with E-state index in [-0.39, 0.29) is 29.2 Å². The summed E-state index contributed by atoms with van der Waals surface area (Å²) in [6.07, 6.45) is 4.36. The molecule has 0 heterocycles. The summed E-state index contributed by atoms with van der Waals surface area (Å²) in [6.45, 7) is 12.9. The highest BCUT2D eigenvalue weighted by atomic mass is 16.2. The van der Waals surface area contributed by atoms with E-state index < -0.39 is 5.54 Å². The van der Waals surface area contributed by atoms with Gasteiger partial charge in [0.25, 0.3) is 0 Å². The smallest absolute Gasteiger partial charge is 0.246 e. The van der Waals surface area contributed by atoms with Gasteiger partial charge in [-0.05, 0) is 58.6 Å². The second kappa shape index (κ2) is 9.57. The van der Waals surface area contributed by atoms with Gasteiger partial charge in [0.2, 0.25) is 11.8 Å². The van der Waals surface area contributed by atoms with E-state index in [0.717, 1.165) is 25.9 Å². The van der Waals surface area contributed by atoms with Crippen LogP contribution in [0.3, 0.4) is 0 Å². The average Bonchev–Trinajstić information content (AvgIpc) is 2.62. The van der Waals surface area contributed by atoms with Crippen molar-refractivity contribution in [2.75, 3.05) is 13.6 Å². The summed E-state index contributed by atoms with van der Waals surface area (Å²) in [5.41, 5.74) is -0.0650. The maximum absolute atomic E-state index is 13.5. The van der Waals surface area contributed by atoms with Gasteiger partial charge in [0.1, 0.15) is 5.54 Å². The maximum atomic E-state index is 13.5. The summed E-state index contributed by atoms with van der Waals surface area (Å²) in [4.78, 5) is 27.9. The fourth-order valence-electron chi connectivity index (χ4n) is 4.38. The summed E-state index contributed by atoms with van der Waals surface area (Å²) < 4.78 is 0. The molecule has 1 aromatic carbocycles. The molecule has 0 unspecified atom stereocenters. The lowest BCUT2D eigenvalue weighted by atomic mass is 9.67. The van der Waals surface area contributed by atoms with Crippen LogP contribution in [0.2, 0.25) is 0 Å². The molecule has 1 fully saturated rings. The van der Waals surface area contributed by atoms with Gasteiger partial charge in [-0.2, -0.15) is 0 Å². The predicted molar refractivity (Wildman–Crippen MR) is 118 cm³/mol. The van der Waals surface area contributed by atoms with Gasteiger partial charge in [-0.25, -0.2) is 0 Å². The highest BCUT2D eigenvalue weighted by Gasteiger charge is 2.50. The van der Waals surface area contributed by atoms with E-state index in [1.165, 1.54) is 12.5 Å². The van der Waals surface area contributed by atoms with Crippen LogP contribution in [0.4, 0.5) is 0 Å². The Bertz CT molecular complexity index is 711. The fraction of sp³-hybridized carbons (Fsp3) is 0.583. The van der Waals surface area contributed by atoms with Crippen LogP contribution in [0.15, 0.2) is 43.0 Å². The Labute approximate surface area is 175 Å². The Balaban J connectivity index is 2.30. The molecule has 29 heavy (non-hydrogen) atoms. The zero-order valence-electron chi connectivity index (χ0n) is 18.6. The Morgan fingerprint density at radius 1 is 1.24 bits per heavy atom. The molecule has 1 aliphatic rings. The minimum atomic E-state index is -0.929. The Kier molecular flexibility index (Phi) is 7.64. The number of amides is 2. The zero-order valence-corrected chi connectivity index (χ0v) is 18.6. The van der Waals surface area contributed by atoms with Crippen molar-refractivity contribution in [2.45, 2.75) is 64.6 Å². The molecule has 0 saturated heterocycles. The van der Waals surface area contributed by atoms with Crippen LogP contribution >= 0.6 is 0 Å². The van der Waals surface area contributed by atoms with Gasteiger partial charge in [0.05, 0.1) is 0 Å². The van der Waals surface area contributed by atoms with Crippen LogP contribution in [0, 0.1) is 11.8 Å². The van der Waals surface area contributed by atoms with Crippen molar-refractivity contribution in [2.24, 2.45) is 11.8 Å². The van der Waals surface area contributed by atoms with Crippen molar-refractivity contribution in [1.82, 2.24) is 15.5 Å². The lowest BCUT2D eigenvalue weighted by Crippen LogP contribution is -2.68. The van der Waals surface area contributed by atoms with E-state index in [9.17, 15) is 9.59 Å². The molecule has 0 radical (unpaired) electrons. The topological polar surface area (TPSA) is 61.4 Å². The minimum absolute atomic E-state index is 0.0265. The van der Waals surface area contributed by atoms with Crippen LogP contribution in [0.25, 0.3) is 0 Å². The first-order valence-electron chi connectivity index (χ1n) is 10.5. The van der Waals surface area contributed by atoms with Crippen LogP contribution in [0.1, 0.15) is 52.5 Å². The molecule has 0 aliphatic heterocycles. The molecular weight excluding hydrogens is 362 g/mol. The number of benzene rings is 1. The summed E-state index contributed by atoms with van der Waals surface area (Å²) >= 11 is 0. The molecule has 5 nitrogen and oxygen atoms in total. The lowest BCUT2D eigenvalue weighted by molar-refractivity contribution is -0.139. The first kappa shape index (κ1) is 23.1. The highest BCUT2D eigenvalue weighted by molar-refractivity contribution is 5.92. The van der Waals surface area contributed by atoms with Crippen LogP contribution in [-0.4, -0.2) is 41.4 Å². The average molecular weight is 400 g/mol. The molecule has 1 saturated carbocycles. The number of nitrogens with zero attached hydrogens (tertiary/aromatic N) is 1. The standard InChI is InChI=1S/C24H37N3O2/c1-7-19-13-14-21(17-27(6)16-20-11-9-8-10-12-20)24(15-19,25-18(2)28)22(29)26-23(3,4)5/h7-12,19,21H,1,13-17H2,2-6H3,(H,25,28)(H,26,29)/t19-,21+,24-/m1/s1. The van der Waals surface area contributed by atoms with Gasteiger partial charge in [0.15, 0.2) is 0 Å². The molecule has 0 spiro atoms. The van der Waals surface area contributed by atoms with Gasteiger partial charge in [-0.15, -0.1) is 6.58 Å². The number of hydrogen-bond acceptors (Lipinski definition) is 3. The first-order valence-corrected chi connectivity index (χ1v) is 10.5. The SMILES string of the molecule is C=C[C@@H]1CC[C@@H](CN(C)Cc2ccccc2)[C@@](NC(C)=O)(C(=O)NC(C)(C)C)C1. The van der Waals surface area contributed by atoms with E-state index in [4.69, 9.17) is 0 Å². The van der Waals surface area contributed by atoms with Crippen molar-refractivity contribution < 1.29 is 9.59 Å². The largest absolute Gasteiger partial charge is 0.349 e. The second-order valence-corrected chi connectivity index (χ2v) is 9.51. The van der Waals surface area contributed by atoms with E-state index in [2.05, 4.69) is 41.3 Å². The number of carbonyl (C=O) groups excluding carboxylic acids is 2. The van der Waals surface area contributed by atoms with Gasteiger partial charge < -0.3 is 15.5 Å².